The Labute approximate surface area is 278 Å². The molecule has 1 aromatic carbocycles. The van der Waals surface area contributed by atoms with E-state index in [9.17, 15) is 22.9 Å². The summed E-state index contributed by atoms with van der Waals surface area (Å²) >= 11 is 0. The first-order valence-corrected chi connectivity index (χ1v) is 16.9. The number of sulfonamides is 1. The van der Waals surface area contributed by atoms with Crippen molar-refractivity contribution < 1.29 is 27.1 Å². The highest BCUT2D eigenvalue weighted by Crippen LogP contribution is 2.51. The van der Waals surface area contributed by atoms with Gasteiger partial charge in [0.25, 0.3) is 0 Å². The molecule has 4 heterocycles. The average Bonchev–Trinajstić information content (AvgIpc) is 3.05. The monoisotopic (exact) mass is 673 g/mol. The molecule has 4 aromatic rings. The van der Waals surface area contributed by atoms with Gasteiger partial charge in [0.05, 0.1) is 29.1 Å². The number of benzene rings is 1. The molecule has 0 atom stereocenters. The molecule has 6 rings (SSSR count). The minimum absolute atomic E-state index is 0.00506. The fourth-order valence-electron chi connectivity index (χ4n) is 5.89. The Hall–Kier alpha value is -4.97. The molecule has 0 bridgehead atoms. The fraction of sp³-hybridized carbons (Fsp3) is 0.324. The van der Waals surface area contributed by atoms with Gasteiger partial charge in [-0.15, -0.1) is 0 Å². The van der Waals surface area contributed by atoms with E-state index in [1.165, 1.54) is 18.3 Å². The molecule has 1 saturated heterocycles. The van der Waals surface area contributed by atoms with Gasteiger partial charge < -0.3 is 19.7 Å². The first-order chi connectivity index (χ1) is 23.1. The van der Waals surface area contributed by atoms with Crippen LogP contribution in [0.4, 0.5) is 10.1 Å². The predicted molar refractivity (Wildman–Crippen MR) is 177 cm³/mol. The SMILES string of the molecule is CCOc1ncccc1-c1ccc(OC2CC3(C2)CN(c2ccc(F)cc2C#N)C3)c(C=O)n1.CNCCc1cncc(S(N)(=O)=O)c1. The maximum Gasteiger partial charge on any atom is 0.239 e. The summed E-state index contributed by atoms with van der Waals surface area (Å²) in [6.45, 7) is 4.73. The van der Waals surface area contributed by atoms with E-state index in [1.54, 1.807) is 42.7 Å². The number of rotatable bonds is 11. The maximum atomic E-state index is 13.4. The third-order valence-electron chi connectivity index (χ3n) is 8.18. The fourth-order valence-corrected chi connectivity index (χ4v) is 6.42. The Kier molecular flexibility index (Phi) is 10.6. The van der Waals surface area contributed by atoms with Gasteiger partial charge in [-0.2, -0.15) is 5.26 Å². The number of primary sulfonamides is 1. The summed E-state index contributed by atoms with van der Waals surface area (Å²) in [5.74, 6) is 0.525. The second-order valence-electron chi connectivity index (χ2n) is 11.7. The summed E-state index contributed by atoms with van der Waals surface area (Å²) in [4.78, 5) is 26.4. The Morgan fingerprint density at radius 1 is 1.19 bits per heavy atom. The zero-order chi connectivity index (χ0) is 34.3. The highest BCUT2D eigenvalue weighted by molar-refractivity contribution is 7.89. The molecule has 0 radical (unpaired) electrons. The van der Waals surface area contributed by atoms with Gasteiger partial charge in [0.15, 0.2) is 6.29 Å². The van der Waals surface area contributed by atoms with Crippen molar-refractivity contribution in [3.8, 4) is 29.0 Å². The van der Waals surface area contributed by atoms with Crippen LogP contribution in [0.15, 0.2) is 72.0 Å². The number of carbonyl (C=O) groups is 1. The van der Waals surface area contributed by atoms with Crippen LogP contribution in [0.2, 0.25) is 0 Å². The number of carbonyl (C=O) groups excluding carboxylic acids is 1. The summed E-state index contributed by atoms with van der Waals surface area (Å²) in [5.41, 5.74) is 3.65. The second-order valence-corrected chi connectivity index (χ2v) is 13.3. The summed E-state index contributed by atoms with van der Waals surface area (Å²) in [5, 5.41) is 17.2. The van der Waals surface area contributed by atoms with Crippen molar-refractivity contribution in [2.75, 3.05) is 38.2 Å². The number of pyridine rings is 3. The smallest absolute Gasteiger partial charge is 0.239 e. The molecule has 0 unspecified atom stereocenters. The quantitative estimate of drug-likeness (QED) is 0.221. The molecule has 0 amide bonds. The van der Waals surface area contributed by atoms with Crippen molar-refractivity contribution >= 4 is 22.0 Å². The van der Waals surface area contributed by atoms with Gasteiger partial charge in [0, 0.05) is 37.1 Å². The maximum absolute atomic E-state index is 13.4. The molecule has 48 heavy (non-hydrogen) atoms. The molecule has 14 heteroatoms. The number of ether oxygens (including phenoxy) is 2. The zero-order valence-corrected chi connectivity index (χ0v) is 27.4. The van der Waals surface area contributed by atoms with Crippen molar-refractivity contribution in [1.82, 2.24) is 20.3 Å². The zero-order valence-electron chi connectivity index (χ0n) is 26.6. The molecular formula is C34H36FN7O5S. The van der Waals surface area contributed by atoms with Crippen molar-refractivity contribution in [3.05, 3.63) is 89.8 Å². The van der Waals surface area contributed by atoms with Gasteiger partial charge in [0.1, 0.15) is 34.3 Å². The normalized spacial score (nSPS) is 14.9. The lowest BCUT2D eigenvalue weighted by molar-refractivity contribution is -0.0343. The van der Waals surface area contributed by atoms with Crippen LogP contribution in [-0.2, 0) is 16.4 Å². The Bertz CT molecular complexity index is 1920. The van der Waals surface area contributed by atoms with Gasteiger partial charge in [-0.1, -0.05) is 0 Å². The number of halogens is 1. The molecule has 3 N–H and O–H groups in total. The molecule has 2 aliphatic rings. The lowest BCUT2D eigenvalue weighted by atomic mass is 9.61. The van der Waals surface area contributed by atoms with E-state index in [4.69, 9.17) is 14.6 Å². The van der Waals surface area contributed by atoms with Gasteiger partial charge >= 0.3 is 0 Å². The van der Waals surface area contributed by atoms with Gasteiger partial charge in [-0.05, 0) is 93.9 Å². The topological polar surface area (TPSA) is 173 Å². The summed E-state index contributed by atoms with van der Waals surface area (Å²) in [6.07, 6.45) is 7.66. The summed E-state index contributed by atoms with van der Waals surface area (Å²) < 4.78 is 47.1. The van der Waals surface area contributed by atoms with Gasteiger partial charge in [0.2, 0.25) is 15.9 Å². The third kappa shape index (κ3) is 7.93. The number of nitriles is 1. The van der Waals surface area contributed by atoms with Crippen LogP contribution in [0.3, 0.4) is 0 Å². The lowest BCUT2D eigenvalue weighted by Crippen LogP contribution is -2.65. The van der Waals surface area contributed by atoms with Crippen molar-refractivity contribution in [3.63, 3.8) is 0 Å². The standard InChI is InChI=1S/C26H23FN4O3.C8H13N3O2S/c1-2-33-25-20(4-3-9-29-25)21-6-8-24(22(14-32)30-21)34-19-11-26(12-19)15-31(16-26)23-7-5-18(27)10-17(23)13-28;1-10-3-2-7-4-8(6-11-5-7)14(9,12)13/h3-10,14,19H,2,11-12,15-16H2,1H3;4-6,10H,2-3H2,1H3,(H2,9,12,13). The van der Waals surface area contributed by atoms with Crippen LogP contribution in [0.1, 0.15) is 41.4 Å². The first kappa shape index (κ1) is 34.4. The number of aromatic nitrogens is 3. The lowest BCUT2D eigenvalue weighted by Gasteiger charge is -2.59. The first-order valence-electron chi connectivity index (χ1n) is 15.3. The Balaban J connectivity index is 0.000000271. The number of likely N-dealkylation sites (N-methyl/N-ethyl adjacent to an activating group) is 1. The van der Waals surface area contributed by atoms with Crippen LogP contribution in [0.25, 0.3) is 11.3 Å². The largest absolute Gasteiger partial charge is 0.488 e. The van der Waals surface area contributed by atoms with Crippen LogP contribution in [0, 0.1) is 22.6 Å². The van der Waals surface area contributed by atoms with E-state index < -0.39 is 15.8 Å². The molecule has 12 nitrogen and oxygen atoms in total. The molecule has 1 aliphatic carbocycles. The van der Waals surface area contributed by atoms with Gasteiger partial charge in [-0.3, -0.25) is 9.78 Å². The van der Waals surface area contributed by atoms with Crippen molar-refractivity contribution in [1.29, 1.82) is 5.26 Å². The number of hydrogen-bond donors (Lipinski definition) is 2. The molecule has 1 aliphatic heterocycles. The van der Waals surface area contributed by atoms with Crippen LogP contribution in [-0.4, -0.2) is 69.0 Å². The number of aldehydes is 1. The summed E-state index contributed by atoms with van der Waals surface area (Å²) in [6, 6.07) is 15.2. The summed E-state index contributed by atoms with van der Waals surface area (Å²) in [7, 11) is -1.80. The van der Waals surface area contributed by atoms with Crippen molar-refractivity contribution in [2.45, 2.75) is 37.2 Å². The number of anilines is 1. The molecule has 1 saturated carbocycles. The van der Waals surface area contributed by atoms with E-state index >= 15 is 0 Å². The van der Waals surface area contributed by atoms with Crippen LogP contribution in [0.5, 0.6) is 11.6 Å². The highest BCUT2D eigenvalue weighted by Gasteiger charge is 2.54. The second kappa shape index (κ2) is 14.8. The van der Waals surface area contributed by atoms with Crippen LogP contribution >= 0.6 is 0 Å². The Morgan fingerprint density at radius 3 is 2.67 bits per heavy atom. The third-order valence-corrected chi connectivity index (χ3v) is 9.06. The molecule has 250 valence electrons. The molecule has 3 aromatic heterocycles. The minimum atomic E-state index is -3.63. The van der Waals surface area contributed by atoms with Crippen LogP contribution < -0.4 is 24.8 Å². The van der Waals surface area contributed by atoms with E-state index in [0.29, 0.717) is 41.3 Å². The number of nitrogens with two attached hydrogens (primary N) is 1. The van der Waals surface area contributed by atoms with E-state index in [0.717, 1.165) is 50.1 Å². The average molecular weight is 674 g/mol. The number of nitrogens with zero attached hydrogens (tertiary/aromatic N) is 5. The van der Waals surface area contributed by atoms with Crippen molar-refractivity contribution in [2.24, 2.45) is 10.6 Å². The molecule has 2 fully saturated rings. The van der Waals surface area contributed by atoms with E-state index in [-0.39, 0.29) is 22.1 Å². The minimum Gasteiger partial charge on any atom is -0.488 e. The van der Waals surface area contributed by atoms with E-state index in [1.807, 2.05) is 20.0 Å². The van der Waals surface area contributed by atoms with E-state index in [2.05, 4.69) is 31.2 Å². The Morgan fingerprint density at radius 2 is 1.98 bits per heavy atom. The number of nitrogens with one attached hydrogen (secondary N) is 1. The molecule has 1 spiro atoms. The predicted octanol–water partition coefficient (Wildman–Crippen LogP) is 3.90. The highest BCUT2D eigenvalue weighted by atomic mass is 32.2. The van der Waals surface area contributed by atoms with Gasteiger partial charge in [-0.25, -0.2) is 27.9 Å². The molecular weight excluding hydrogens is 637 g/mol. The number of hydrogen-bond acceptors (Lipinski definition) is 11.